The van der Waals surface area contributed by atoms with Crippen LogP contribution in [0.2, 0.25) is 0 Å². The lowest BCUT2D eigenvalue weighted by Gasteiger charge is -2.48. The molecule has 2 aliphatic rings. The van der Waals surface area contributed by atoms with Crippen molar-refractivity contribution in [3.8, 4) is 0 Å². The molecule has 0 aromatic heterocycles. The molecule has 0 bridgehead atoms. The topological polar surface area (TPSA) is 34.1 Å². The fourth-order valence-corrected chi connectivity index (χ4v) is 6.67. The summed E-state index contributed by atoms with van der Waals surface area (Å²) in [7, 11) is -2.91. The first-order valence-electron chi connectivity index (χ1n) is 9.11. The normalized spacial score (nSPS) is 33.8. The fourth-order valence-electron chi connectivity index (χ4n) is 5.12. The van der Waals surface area contributed by atoms with Gasteiger partial charge in [0.25, 0.3) is 0 Å². The Kier molecular flexibility index (Phi) is 5.44. The van der Waals surface area contributed by atoms with Crippen molar-refractivity contribution in [3.05, 3.63) is 0 Å². The van der Waals surface area contributed by atoms with Crippen LogP contribution in [0.4, 0.5) is 0 Å². The molecule has 0 radical (unpaired) electrons. The molecule has 0 aliphatic heterocycles. The molecule has 2 fully saturated rings. The minimum atomic E-state index is -2.91. The van der Waals surface area contributed by atoms with Crippen LogP contribution in [0.1, 0.15) is 91.4 Å². The number of sulfone groups is 1. The first kappa shape index (κ1) is 17.3. The molecule has 0 saturated heterocycles. The first-order chi connectivity index (χ1) is 9.89. The molecule has 2 saturated carbocycles. The van der Waals surface area contributed by atoms with E-state index < -0.39 is 14.6 Å². The highest BCUT2D eigenvalue weighted by molar-refractivity contribution is 7.92. The predicted molar refractivity (Wildman–Crippen MR) is 90.2 cm³/mol. The standard InChI is InChI=1S/C18H34O2S/c1-4-11-18(12-7-6-8-13-18)16-9-14-17(3,15-10-16)21(19,20)5-2/h16H,4-15H2,1-3H3. The summed E-state index contributed by atoms with van der Waals surface area (Å²) in [4.78, 5) is 0. The molecule has 21 heavy (non-hydrogen) atoms. The maximum Gasteiger partial charge on any atom is 0.155 e. The molecule has 0 N–H and O–H groups in total. The maximum absolute atomic E-state index is 12.4. The van der Waals surface area contributed by atoms with E-state index in [1.807, 2.05) is 6.92 Å². The van der Waals surface area contributed by atoms with E-state index in [1.165, 1.54) is 44.9 Å². The summed E-state index contributed by atoms with van der Waals surface area (Å²) in [5.41, 5.74) is 0.546. The summed E-state index contributed by atoms with van der Waals surface area (Å²) in [5.74, 6) is 1.08. The molecule has 0 spiro atoms. The third-order valence-corrected chi connectivity index (χ3v) is 9.31. The van der Waals surface area contributed by atoms with Crippen LogP contribution >= 0.6 is 0 Å². The molecule has 0 aromatic carbocycles. The van der Waals surface area contributed by atoms with Gasteiger partial charge in [0.05, 0.1) is 4.75 Å². The molecule has 0 aromatic rings. The molecule has 124 valence electrons. The summed E-state index contributed by atoms with van der Waals surface area (Å²) >= 11 is 0. The van der Waals surface area contributed by atoms with Gasteiger partial charge in [-0.1, -0.05) is 39.5 Å². The molecule has 0 unspecified atom stereocenters. The third-order valence-electron chi connectivity index (χ3n) is 6.64. The zero-order valence-electron chi connectivity index (χ0n) is 14.3. The second-order valence-electron chi connectivity index (χ2n) is 7.80. The molecule has 0 heterocycles. The van der Waals surface area contributed by atoms with Crippen LogP contribution in [0.15, 0.2) is 0 Å². The van der Waals surface area contributed by atoms with E-state index in [1.54, 1.807) is 6.92 Å². The number of rotatable bonds is 5. The SMILES string of the molecule is CCCC1(C2CCC(C)(S(=O)(=O)CC)CC2)CCCCC1. The average molecular weight is 315 g/mol. The van der Waals surface area contributed by atoms with Crippen molar-refractivity contribution in [2.24, 2.45) is 11.3 Å². The number of hydrogen-bond donors (Lipinski definition) is 0. The Hall–Kier alpha value is -0.0500. The fraction of sp³-hybridized carbons (Fsp3) is 1.00. The van der Waals surface area contributed by atoms with E-state index in [9.17, 15) is 8.42 Å². The van der Waals surface area contributed by atoms with Gasteiger partial charge < -0.3 is 0 Å². The summed E-state index contributed by atoms with van der Waals surface area (Å²) in [6.45, 7) is 6.10. The van der Waals surface area contributed by atoms with Gasteiger partial charge in [0, 0.05) is 5.75 Å². The smallest absolute Gasteiger partial charge is 0.155 e. The van der Waals surface area contributed by atoms with Gasteiger partial charge >= 0.3 is 0 Å². The van der Waals surface area contributed by atoms with Gasteiger partial charge in [-0.3, -0.25) is 0 Å². The van der Waals surface area contributed by atoms with Crippen LogP contribution in [0.5, 0.6) is 0 Å². The highest BCUT2D eigenvalue weighted by atomic mass is 32.2. The maximum atomic E-state index is 12.4. The summed E-state index contributed by atoms with van der Waals surface area (Å²) < 4.78 is 24.3. The zero-order valence-corrected chi connectivity index (χ0v) is 15.1. The Morgan fingerprint density at radius 3 is 2.00 bits per heavy atom. The van der Waals surface area contributed by atoms with Gasteiger partial charge in [-0.2, -0.15) is 0 Å². The average Bonchev–Trinajstić information content (AvgIpc) is 2.49. The van der Waals surface area contributed by atoms with Gasteiger partial charge in [0.1, 0.15) is 0 Å². The van der Waals surface area contributed by atoms with Gasteiger partial charge in [-0.05, 0) is 63.2 Å². The van der Waals surface area contributed by atoms with Gasteiger partial charge in [-0.25, -0.2) is 8.42 Å². The molecule has 2 nitrogen and oxygen atoms in total. The lowest BCUT2D eigenvalue weighted by Crippen LogP contribution is -2.44. The van der Waals surface area contributed by atoms with Crippen molar-refractivity contribution in [2.45, 2.75) is 96.1 Å². The van der Waals surface area contributed by atoms with E-state index in [4.69, 9.17) is 0 Å². The van der Waals surface area contributed by atoms with Gasteiger partial charge in [0.2, 0.25) is 0 Å². The van der Waals surface area contributed by atoms with Gasteiger partial charge in [-0.15, -0.1) is 0 Å². The largest absolute Gasteiger partial charge is 0.228 e. The Morgan fingerprint density at radius 2 is 1.52 bits per heavy atom. The Bertz CT molecular complexity index is 419. The molecule has 0 amide bonds. The van der Waals surface area contributed by atoms with E-state index in [-0.39, 0.29) is 0 Å². The summed E-state index contributed by atoms with van der Waals surface area (Å²) in [6.07, 6.45) is 13.6. The highest BCUT2D eigenvalue weighted by Gasteiger charge is 2.46. The highest BCUT2D eigenvalue weighted by Crippen LogP contribution is 2.53. The van der Waals surface area contributed by atoms with Crippen molar-refractivity contribution >= 4 is 9.84 Å². The lowest BCUT2D eigenvalue weighted by molar-refractivity contribution is 0.0504. The molecule has 2 aliphatic carbocycles. The van der Waals surface area contributed by atoms with E-state index in [0.29, 0.717) is 11.2 Å². The summed E-state index contributed by atoms with van der Waals surface area (Å²) in [5, 5.41) is 0. The van der Waals surface area contributed by atoms with Crippen LogP contribution in [0.3, 0.4) is 0 Å². The molecular weight excluding hydrogens is 280 g/mol. The Labute approximate surface area is 132 Å². The first-order valence-corrected chi connectivity index (χ1v) is 10.8. The lowest BCUT2D eigenvalue weighted by atomic mass is 9.59. The van der Waals surface area contributed by atoms with Crippen LogP contribution in [-0.4, -0.2) is 18.9 Å². The van der Waals surface area contributed by atoms with Crippen LogP contribution < -0.4 is 0 Å². The zero-order chi connectivity index (χ0) is 15.6. The molecule has 2 rings (SSSR count). The quantitative estimate of drug-likeness (QED) is 0.705. The molecule has 3 heteroatoms. The van der Waals surface area contributed by atoms with Crippen molar-refractivity contribution in [2.75, 3.05) is 5.75 Å². The van der Waals surface area contributed by atoms with E-state index in [2.05, 4.69) is 6.92 Å². The van der Waals surface area contributed by atoms with Crippen molar-refractivity contribution in [1.29, 1.82) is 0 Å². The Balaban J connectivity index is 2.08. The predicted octanol–water partition coefficient (Wildman–Crippen LogP) is 5.12. The van der Waals surface area contributed by atoms with Crippen molar-refractivity contribution in [3.63, 3.8) is 0 Å². The monoisotopic (exact) mass is 314 g/mol. The van der Waals surface area contributed by atoms with Crippen LogP contribution in [-0.2, 0) is 9.84 Å². The van der Waals surface area contributed by atoms with E-state index in [0.717, 1.165) is 31.6 Å². The third kappa shape index (κ3) is 3.33. The van der Waals surface area contributed by atoms with Gasteiger partial charge in [0.15, 0.2) is 9.84 Å². The second kappa shape index (κ2) is 6.60. The van der Waals surface area contributed by atoms with Crippen LogP contribution in [0.25, 0.3) is 0 Å². The minimum Gasteiger partial charge on any atom is -0.228 e. The van der Waals surface area contributed by atoms with E-state index >= 15 is 0 Å². The minimum absolute atomic E-state index is 0.300. The molecular formula is C18H34O2S. The number of hydrogen-bond acceptors (Lipinski definition) is 2. The molecule has 0 atom stereocenters. The van der Waals surface area contributed by atoms with Crippen molar-refractivity contribution < 1.29 is 8.42 Å². The van der Waals surface area contributed by atoms with Crippen molar-refractivity contribution in [1.82, 2.24) is 0 Å². The van der Waals surface area contributed by atoms with Crippen LogP contribution in [0, 0.1) is 11.3 Å². The summed E-state index contributed by atoms with van der Waals surface area (Å²) in [6, 6.07) is 0. The Morgan fingerprint density at radius 1 is 0.952 bits per heavy atom. The second-order valence-corrected chi connectivity index (χ2v) is 10.6.